The van der Waals surface area contributed by atoms with Crippen LogP contribution in [0.4, 0.5) is 32.3 Å². The second-order valence-electron chi connectivity index (χ2n) is 9.86. The van der Waals surface area contributed by atoms with Crippen molar-refractivity contribution in [1.82, 2.24) is 14.9 Å². The molecule has 2 N–H and O–H groups in total. The van der Waals surface area contributed by atoms with Crippen molar-refractivity contribution >= 4 is 41.1 Å². The van der Waals surface area contributed by atoms with Gasteiger partial charge in [-0.15, -0.1) is 0 Å². The summed E-state index contributed by atoms with van der Waals surface area (Å²) in [6.07, 6.45) is 2.99. The zero-order valence-corrected chi connectivity index (χ0v) is 23.9. The Morgan fingerprint density at radius 3 is 2.38 bits per heavy atom. The molecule has 4 rings (SSSR count). The Labute approximate surface area is 243 Å². The van der Waals surface area contributed by atoms with E-state index in [1.54, 1.807) is 35.2 Å². The molecule has 1 fully saturated rings. The lowest BCUT2D eigenvalue weighted by molar-refractivity contribution is -0.137. The van der Waals surface area contributed by atoms with Crippen LogP contribution < -0.4 is 19.9 Å². The first-order valence-electron chi connectivity index (χ1n) is 13.9. The molecule has 0 bridgehead atoms. The first-order valence-corrected chi connectivity index (χ1v) is 13.9. The molecule has 1 aromatic heterocycles. The number of carbonyl (C=O) groups excluding carboxylic acids is 2. The summed E-state index contributed by atoms with van der Waals surface area (Å²) in [5.74, 6) is -1.30. The third-order valence-electron chi connectivity index (χ3n) is 6.97. The van der Waals surface area contributed by atoms with Gasteiger partial charge in [-0.3, -0.25) is 9.69 Å². The van der Waals surface area contributed by atoms with Gasteiger partial charge in [-0.1, -0.05) is 18.2 Å². The lowest BCUT2D eigenvalue weighted by Gasteiger charge is -2.27. The molecule has 1 atom stereocenters. The molecule has 1 aliphatic rings. The summed E-state index contributed by atoms with van der Waals surface area (Å²) >= 11 is 0. The van der Waals surface area contributed by atoms with Gasteiger partial charge in [0.05, 0.1) is 11.9 Å². The molecular weight excluding hydrogens is 543 g/mol. The van der Waals surface area contributed by atoms with Gasteiger partial charge in [-0.2, -0.15) is 4.98 Å². The number of rotatable bonds is 11. The molecule has 2 amide bonds. The van der Waals surface area contributed by atoms with Gasteiger partial charge < -0.3 is 25.0 Å². The number of carboxylic acid groups (broad SMARTS) is 1. The van der Waals surface area contributed by atoms with Crippen LogP contribution in [0, 0.1) is 5.82 Å². The van der Waals surface area contributed by atoms with E-state index in [1.165, 1.54) is 36.2 Å². The highest BCUT2D eigenvalue weighted by atomic mass is 19.1. The quantitative estimate of drug-likeness (QED) is 0.328. The highest BCUT2D eigenvalue weighted by Gasteiger charge is 2.26. The first kappa shape index (κ1) is 30.2. The van der Waals surface area contributed by atoms with Crippen molar-refractivity contribution in [3.8, 4) is 5.75 Å². The van der Waals surface area contributed by atoms with Crippen molar-refractivity contribution in [2.75, 3.05) is 41.3 Å². The highest BCUT2D eigenvalue weighted by molar-refractivity contribution is 6.01. The van der Waals surface area contributed by atoms with Crippen LogP contribution in [0.2, 0.25) is 0 Å². The van der Waals surface area contributed by atoms with E-state index < -0.39 is 29.8 Å². The summed E-state index contributed by atoms with van der Waals surface area (Å²) in [6, 6.07) is 11.0. The summed E-state index contributed by atoms with van der Waals surface area (Å²) in [5, 5.41) is 13.1. The van der Waals surface area contributed by atoms with Crippen molar-refractivity contribution in [2.24, 2.45) is 0 Å². The molecule has 42 heavy (non-hydrogen) atoms. The van der Waals surface area contributed by atoms with Crippen molar-refractivity contribution in [1.29, 1.82) is 0 Å². The second kappa shape index (κ2) is 13.7. The fourth-order valence-corrected chi connectivity index (χ4v) is 4.76. The Morgan fingerprint density at radius 1 is 1.10 bits per heavy atom. The third-order valence-corrected chi connectivity index (χ3v) is 6.97. The molecule has 1 saturated heterocycles. The number of anilines is 4. The van der Waals surface area contributed by atoms with E-state index in [-0.39, 0.29) is 23.6 Å². The molecule has 0 spiro atoms. The van der Waals surface area contributed by atoms with Crippen LogP contribution in [0.1, 0.15) is 39.2 Å². The number of carboxylic acids is 1. The minimum atomic E-state index is -1.15. The van der Waals surface area contributed by atoms with Gasteiger partial charge in [-0.25, -0.2) is 19.0 Å². The highest BCUT2D eigenvalue weighted by Crippen LogP contribution is 2.33. The molecular formula is C30H35FN6O5. The van der Waals surface area contributed by atoms with E-state index in [1.807, 2.05) is 18.7 Å². The van der Waals surface area contributed by atoms with E-state index in [0.717, 1.165) is 12.8 Å². The van der Waals surface area contributed by atoms with Crippen LogP contribution in [0.15, 0.2) is 54.7 Å². The smallest absolute Gasteiger partial charge is 0.415 e. The Kier molecular flexibility index (Phi) is 9.89. The summed E-state index contributed by atoms with van der Waals surface area (Å²) in [7, 11) is 0. The van der Waals surface area contributed by atoms with Crippen LogP contribution in [-0.4, -0.2) is 70.2 Å². The first-order chi connectivity index (χ1) is 20.2. The number of likely N-dealkylation sites (tertiary alicyclic amines) is 1. The number of aliphatic carboxylic acids is 1. The minimum absolute atomic E-state index is 0.0553. The topological polar surface area (TPSA) is 128 Å². The number of benzene rings is 2. The van der Waals surface area contributed by atoms with E-state index in [4.69, 9.17) is 4.74 Å². The minimum Gasteiger partial charge on any atom is -0.480 e. The van der Waals surface area contributed by atoms with Crippen molar-refractivity contribution < 1.29 is 28.6 Å². The maximum Gasteiger partial charge on any atom is 0.415 e. The van der Waals surface area contributed by atoms with E-state index in [2.05, 4.69) is 15.3 Å². The van der Waals surface area contributed by atoms with Crippen molar-refractivity contribution in [3.05, 3.63) is 66.1 Å². The number of carbonyl (C=O) groups is 3. The molecule has 3 aromatic rings. The summed E-state index contributed by atoms with van der Waals surface area (Å²) in [4.78, 5) is 51.3. The molecule has 2 aromatic carbocycles. The number of ether oxygens (including phenoxy) is 1. The lowest BCUT2D eigenvalue weighted by Crippen LogP contribution is -2.34. The Hall–Kier alpha value is -4.74. The van der Waals surface area contributed by atoms with Gasteiger partial charge in [0.2, 0.25) is 11.9 Å². The van der Waals surface area contributed by atoms with Gasteiger partial charge in [-0.05, 0) is 62.6 Å². The van der Waals surface area contributed by atoms with Gasteiger partial charge >= 0.3 is 12.1 Å². The summed E-state index contributed by atoms with van der Waals surface area (Å²) in [6.45, 7) is 7.75. The van der Waals surface area contributed by atoms with Crippen molar-refractivity contribution in [3.63, 3.8) is 0 Å². The third kappa shape index (κ3) is 7.31. The maximum absolute atomic E-state index is 14.1. The van der Waals surface area contributed by atoms with E-state index in [9.17, 15) is 23.9 Å². The van der Waals surface area contributed by atoms with E-state index >= 15 is 0 Å². The van der Waals surface area contributed by atoms with Gasteiger partial charge in [0.1, 0.15) is 23.3 Å². The molecule has 0 radical (unpaired) electrons. The number of nitrogens with zero attached hydrogens (tertiary/aromatic N) is 5. The predicted octanol–water partition coefficient (Wildman–Crippen LogP) is 4.85. The molecule has 0 aliphatic carbocycles. The van der Waals surface area contributed by atoms with E-state index in [0.29, 0.717) is 43.4 Å². The van der Waals surface area contributed by atoms with Crippen LogP contribution >= 0.6 is 0 Å². The molecule has 222 valence electrons. The van der Waals surface area contributed by atoms with Gasteiger partial charge in [0.25, 0.3) is 0 Å². The summed E-state index contributed by atoms with van der Waals surface area (Å²) < 4.78 is 19.5. The van der Waals surface area contributed by atoms with Crippen LogP contribution in [-0.2, 0) is 16.0 Å². The Morgan fingerprint density at radius 2 is 1.79 bits per heavy atom. The lowest BCUT2D eigenvalue weighted by atomic mass is 10.1. The van der Waals surface area contributed by atoms with Crippen LogP contribution in [0.3, 0.4) is 0 Å². The van der Waals surface area contributed by atoms with Crippen LogP contribution in [0.5, 0.6) is 5.75 Å². The number of nitrogens with one attached hydrogen (secondary N) is 1. The van der Waals surface area contributed by atoms with Crippen molar-refractivity contribution in [2.45, 2.75) is 46.1 Å². The van der Waals surface area contributed by atoms with Gasteiger partial charge in [0, 0.05) is 39.5 Å². The zero-order valence-electron chi connectivity index (χ0n) is 23.9. The normalized spacial score (nSPS) is 13.4. The molecule has 0 unspecified atom stereocenters. The summed E-state index contributed by atoms with van der Waals surface area (Å²) in [5.41, 5.74) is 1.10. The monoisotopic (exact) mass is 578 g/mol. The fourth-order valence-electron chi connectivity index (χ4n) is 4.76. The second-order valence-corrected chi connectivity index (χ2v) is 9.86. The zero-order chi connectivity index (χ0) is 30.2. The fraction of sp³-hybridized carbons (Fsp3) is 0.367. The Balaban J connectivity index is 1.62. The maximum atomic E-state index is 14.1. The standard InChI is InChI=1S/C30H35FN6O5/c1-4-35(5-2)29-32-19-26(37(20(3)38)23-10-8-9-22(31)18-23)27(34-29)33-25(28(39)40)17-21-11-13-24(14-12-21)42-30(41)36-15-6-7-16-36/h8-14,18-19,25H,4-7,15-17H2,1-3H3,(H,39,40)(H,32,33,34)/t25-/m0/s1. The van der Waals surface area contributed by atoms with Gasteiger partial charge in [0.15, 0.2) is 5.82 Å². The molecule has 12 heteroatoms. The average molecular weight is 579 g/mol. The number of aromatic nitrogens is 2. The number of halogens is 1. The molecule has 2 heterocycles. The molecule has 1 aliphatic heterocycles. The number of hydrogen-bond acceptors (Lipinski definition) is 8. The predicted molar refractivity (Wildman–Crippen MR) is 157 cm³/mol. The number of amides is 2. The van der Waals surface area contributed by atoms with Crippen LogP contribution in [0.25, 0.3) is 0 Å². The Bertz CT molecular complexity index is 1410. The largest absolute Gasteiger partial charge is 0.480 e. The SMILES string of the molecule is CCN(CC)c1ncc(N(C(C)=O)c2cccc(F)c2)c(N[C@@H](Cc2ccc(OC(=O)N3CCCC3)cc2)C(=O)O)n1. The molecule has 0 saturated carbocycles. The average Bonchev–Trinajstić information content (AvgIpc) is 3.51. The number of hydrogen-bond donors (Lipinski definition) is 2. The molecule has 11 nitrogen and oxygen atoms in total.